The number of nitrogens with zero attached hydrogens (tertiary/aromatic N) is 1. The van der Waals surface area contributed by atoms with Crippen molar-refractivity contribution in [3.05, 3.63) is 60.2 Å². The molecule has 0 radical (unpaired) electrons. The van der Waals surface area contributed by atoms with Crippen molar-refractivity contribution in [3.8, 4) is 0 Å². The van der Waals surface area contributed by atoms with E-state index in [4.69, 9.17) is 10.5 Å². The van der Waals surface area contributed by atoms with Crippen molar-refractivity contribution >= 4 is 27.7 Å². The van der Waals surface area contributed by atoms with Crippen LogP contribution < -0.4 is 16.4 Å². The van der Waals surface area contributed by atoms with Gasteiger partial charge in [0, 0.05) is 30.2 Å². The molecule has 10 nitrogen and oxygen atoms in total. The number of hydrogen-bond acceptors (Lipinski definition) is 7. The molecule has 2 aromatic carbocycles. The Balaban J connectivity index is 1.71. The van der Waals surface area contributed by atoms with Gasteiger partial charge in [0.1, 0.15) is 11.1 Å². The topological polar surface area (TPSA) is 151 Å². The number of nitrogen functional groups attached to an aromatic ring is 1. The van der Waals surface area contributed by atoms with Crippen molar-refractivity contribution in [2.24, 2.45) is 5.92 Å². The van der Waals surface area contributed by atoms with E-state index in [1.165, 1.54) is 16.4 Å². The van der Waals surface area contributed by atoms with Gasteiger partial charge >= 0.3 is 6.09 Å². The van der Waals surface area contributed by atoms with Crippen molar-refractivity contribution in [3.63, 3.8) is 0 Å². The number of rotatable bonds is 16. The molecule has 0 bridgehead atoms. The van der Waals surface area contributed by atoms with E-state index in [1.54, 1.807) is 32.9 Å². The van der Waals surface area contributed by atoms with Gasteiger partial charge < -0.3 is 26.2 Å². The number of benzene rings is 2. The highest BCUT2D eigenvalue weighted by molar-refractivity contribution is 7.89. The maximum absolute atomic E-state index is 13.8. The molecule has 0 aromatic heterocycles. The third-order valence-corrected chi connectivity index (χ3v) is 10.2. The Morgan fingerprint density at radius 1 is 1.07 bits per heavy atom. The first-order chi connectivity index (χ1) is 21.1. The quantitative estimate of drug-likeness (QED) is 0.184. The third-order valence-electron chi connectivity index (χ3n) is 8.24. The summed E-state index contributed by atoms with van der Waals surface area (Å²) in [5, 5.41) is 16.4. The number of alkyl carbamates (subject to hydrolysis) is 1. The van der Waals surface area contributed by atoms with Crippen molar-refractivity contribution < 1.29 is 27.9 Å². The number of nitrogens with two attached hydrogens (primary N) is 1. The molecule has 1 aliphatic carbocycles. The summed E-state index contributed by atoms with van der Waals surface area (Å²) in [7, 11) is -3.87. The maximum atomic E-state index is 13.8. The lowest BCUT2D eigenvalue weighted by Gasteiger charge is -2.31. The van der Waals surface area contributed by atoms with E-state index in [2.05, 4.69) is 10.6 Å². The first-order valence-electron chi connectivity index (χ1n) is 16.0. The monoisotopic (exact) mass is 644 g/mol. The number of amides is 2. The minimum absolute atomic E-state index is 0.137. The van der Waals surface area contributed by atoms with E-state index in [0.717, 1.165) is 5.56 Å². The lowest BCUT2D eigenvalue weighted by molar-refractivity contribution is -0.125. The second-order valence-corrected chi connectivity index (χ2v) is 15.4. The number of anilines is 1. The summed E-state index contributed by atoms with van der Waals surface area (Å²) in [5.41, 5.74) is 5.39. The normalized spacial score (nSPS) is 19.6. The molecule has 250 valence electrons. The number of carbonyl (C=O) groups is 2. The Bertz CT molecular complexity index is 1360. The molecule has 0 heterocycles. The average Bonchev–Trinajstić information content (AvgIpc) is 3.70. The molecule has 0 unspecified atom stereocenters. The van der Waals surface area contributed by atoms with Crippen LogP contribution in [0.15, 0.2) is 59.5 Å². The molecule has 0 aliphatic heterocycles. The summed E-state index contributed by atoms with van der Waals surface area (Å²) in [6, 6.07) is 14.9. The van der Waals surface area contributed by atoms with Crippen LogP contribution >= 0.6 is 0 Å². The molecule has 2 amide bonds. The lowest BCUT2D eigenvalue weighted by Crippen LogP contribution is -2.53. The second-order valence-electron chi connectivity index (χ2n) is 13.5. The predicted molar refractivity (Wildman–Crippen MR) is 177 cm³/mol. The zero-order valence-electron chi connectivity index (χ0n) is 27.6. The van der Waals surface area contributed by atoms with Crippen molar-refractivity contribution in [1.82, 2.24) is 14.9 Å². The third kappa shape index (κ3) is 9.92. The Labute approximate surface area is 269 Å². The van der Waals surface area contributed by atoms with Crippen LogP contribution in [0.3, 0.4) is 0 Å². The average molecular weight is 645 g/mol. The molecule has 4 atom stereocenters. The van der Waals surface area contributed by atoms with Gasteiger partial charge in [-0.25, -0.2) is 13.2 Å². The molecule has 5 N–H and O–H groups in total. The molecular weight excluding hydrogens is 592 g/mol. The lowest BCUT2D eigenvalue weighted by atomic mass is 10.0. The van der Waals surface area contributed by atoms with E-state index in [0.29, 0.717) is 44.2 Å². The van der Waals surface area contributed by atoms with Crippen LogP contribution in [0.4, 0.5) is 10.5 Å². The fraction of sp³-hybridized carbons (Fsp3) is 0.588. The minimum atomic E-state index is -3.87. The molecular formula is C34H52N4O6S. The van der Waals surface area contributed by atoms with Gasteiger partial charge in [-0.1, -0.05) is 51.1 Å². The molecule has 0 spiro atoms. The Hall–Kier alpha value is -3.15. The number of carbonyl (C=O) groups excluding carboxylic acids is 2. The predicted octanol–water partition coefficient (Wildman–Crippen LogP) is 5.18. The van der Waals surface area contributed by atoms with Crippen molar-refractivity contribution in [2.75, 3.05) is 18.9 Å². The summed E-state index contributed by atoms with van der Waals surface area (Å²) in [6.07, 6.45) is 2.69. The molecule has 1 aliphatic rings. The zero-order valence-corrected chi connectivity index (χ0v) is 28.4. The molecule has 1 saturated carbocycles. The van der Waals surface area contributed by atoms with E-state index < -0.39 is 33.3 Å². The SMILES string of the molecule is CC[C@@H](CCC[C@@H](CO)N(CCC(C)C)S(=O)(=O)c1ccc(N)cc1)NC(=O)[C@@]1(NC(=O)OC(C)(C)C)C[C@@H]1c1ccccc1. The zero-order chi connectivity index (χ0) is 33.4. The van der Waals surface area contributed by atoms with Gasteiger partial charge in [0.05, 0.1) is 11.5 Å². The van der Waals surface area contributed by atoms with E-state index in [1.807, 2.05) is 51.1 Å². The van der Waals surface area contributed by atoms with Crippen LogP contribution in [0.5, 0.6) is 0 Å². The molecule has 0 saturated heterocycles. The fourth-order valence-electron chi connectivity index (χ4n) is 5.56. The van der Waals surface area contributed by atoms with Crippen LogP contribution in [0.2, 0.25) is 0 Å². The number of sulfonamides is 1. The first-order valence-corrected chi connectivity index (χ1v) is 17.4. The number of aliphatic hydroxyl groups excluding tert-OH is 1. The van der Waals surface area contributed by atoms with Crippen LogP contribution in [-0.2, 0) is 19.6 Å². The van der Waals surface area contributed by atoms with Crippen molar-refractivity contribution in [2.45, 2.75) is 114 Å². The largest absolute Gasteiger partial charge is 0.444 e. The van der Waals surface area contributed by atoms with Gasteiger partial charge in [0.2, 0.25) is 15.9 Å². The molecule has 1 fully saturated rings. The molecule has 2 aromatic rings. The van der Waals surface area contributed by atoms with E-state index in [9.17, 15) is 23.1 Å². The number of ether oxygens (including phenoxy) is 1. The summed E-state index contributed by atoms with van der Waals surface area (Å²) in [6.45, 7) is 11.3. The maximum Gasteiger partial charge on any atom is 0.408 e. The van der Waals surface area contributed by atoms with Gasteiger partial charge in [-0.3, -0.25) is 4.79 Å². The van der Waals surface area contributed by atoms with E-state index >= 15 is 0 Å². The highest BCUT2D eigenvalue weighted by atomic mass is 32.2. The standard InChI is InChI=1S/C34H52N4O6S/c1-7-27(36-31(40)34(37-32(41)44-33(4,5)6)22-30(34)25-12-9-8-10-13-25)14-11-15-28(23-39)38(21-20-24(2)3)45(42,43)29-18-16-26(35)17-19-29/h8-10,12-13,16-19,24,27-28,30,39H,7,11,14-15,20-23,35H2,1-6H3,(H,36,40)(H,37,41)/t27-,28-,30+,34+/m0/s1. The van der Waals surface area contributed by atoms with Crippen LogP contribution in [-0.4, -0.2) is 66.2 Å². The van der Waals surface area contributed by atoms with Crippen LogP contribution in [0.25, 0.3) is 0 Å². The Morgan fingerprint density at radius 3 is 2.27 bits per heavy atom. The van der Waals surface area contributed by atoms with Crippen molar-refractivity contribution in [1.29, 1.82) is 0 Å². The smallest absolute Gasteiger partial charge is 0.408 e. The van der Waals surface area contributed by atoms with Crippen LogP contribution in [0.1, 0.15) is 91.5 Å². The highest BCUT2D eigenvalue weighted by Crippen LogP contribution is 2.52. The summed E-state index contributed by atoms with van der Waals surface area (Å²) in [4.78, 5) is 26.7. The highest BCUT2D eigenvalue weighted by Gasteiger charge is 2.62. The Morgan fingerprint density at radius 2 is 1.71 bits per heavy atom. The fourth-order valence-corrected chi connectivity index (χ4v) is 7.22. The van der Waals surface area contributed by atoms with Gasteiger partial charge in [0.25, 0.3) is 0 Å². The van der Waals surface area contributed by atoms with Gasteiger partial charge in [0.15, 0.2) is 0 Å². The minimum Gasteiger partial charge on any atom is -0.444 e. The van der Waals surface area contributed by atoms with E-state index in [-0.39, 0.29) is 41.8 Å². The van der Waals surface area contributed by atoms with Crippen LogP contribution in [0, 0.1) is 5.92 Å². The number of nitrogens with one attached hydrogen (secondary N) is 2. The van der Waals surface area contributed by atoms with Gasteiger partial charge in [-0.2, -0.15) is 4.31 Å². The summed E-state index contributed by atoms with van der Waals surface area (Å²) in [5.74, 6) is -0.176. The molecule has 11 heteroatoms. The van der Waals surface area contributed by atoms with Gasteiger partial charge in [-0.15, -0.1) is 0 Å². The Kier molecular flexibility index (Phi) is 12.4. The first kappa shape index (κ1) is 36.3. The summed E-state index contributed by atoms with van der Waals surface area (Å²) >= 11 is 0. The second kappa shape index (κ2) is 15.4. The van der Waals surface area contributed by atoms with Gasteiger partial charge in [-0.05, 0) is 95.0 Å². The molecule has 45 heavy (non-hydrogen) atoms. The number of hydrogen-bond donors (Lipinski definition) is 4. The molecule has 3 rings (SSSR count). The summed E-state index contributed by atoms with van der Waals surface area (Å²) < 4.78 is 34.2. The number of aliphatic hydroxyl groups is 1.